The minimum absolute atomic E-state index is 0.0220. The first kappa shape index (κ1) is 18.3. The Balaban J connectivity index is 1.53. The van der Waals surface area contributed by atoms with Crippen LogP contribution in [0.2, 0.25) is 0 Å². The molecule has 6 heteroatoms. The van der Waals surface area contributed by atoms with Crippen molar-refractivity contribution >= 4 is 17.7 Å². The molecule has 3 aromatic carbocycles. The van der Waals surface area contributed by atoms with E-state index in [1.807, 2.05) is 54.6 Å². The highest BCUT2D eigenvalue weighted by atomic mass is 16.5. The molecule has 0 atom stereocenters. The van der Waals surface area contributed by atoms with Gasteiger partial charge in [-0.3, -0.25) is 5.32 Å². The SMILES string of the molecule is N#Cc1ccc(C(=O)O)c(NC(=O)OCC2c3ccccc3-c3ccccc32)c1. The quantitative estimate of drug-likeness (QED) is 0.684. The van der Waals surface area contributed by atoms with Gasteiger partial charge in [0.15, 0.2) is 0 Å². The first-order valence-electron chi connectivity index (χ1n) is 8.98. The van der Waals surface area contributed by atoms with E-state index in [0.717, 1.165) is 22.3 Å². The third-order valence-electron chi connectivity index (χ3n) is 4.96. The molecule has 1 aliphatic carbocycles. The Morgan fingerprint density at radius 3 is 2.21 bits per heavy atom. The number of nitrogens with one attached hydrogen (secondary N) is 1. The molecule has 0 heterocycles. The van der Waals surface area contributed by atoms with Gasteiger partial charge in [0.1, 0.15) is 6.61 Å². The fourth-order valence-electron chi connectivity index (χ4n) is 3.65. The number of amides is 1. The average Bonchev–Trinajstić information content (AvgIpc) is 3.06. The number of fused-ring (bicyclic) bond motifs is 3. The maximum absolute atomic E-state index is 12.4. The normalized spacial score (nSPS) is 11.8. The van der Waals surface area contributed by atoms with E-state index in [9.17, 15) is 14.7 Å². The van der Waals surface area contributed by atoms with Crippen LogP contribution in [0.15, 0.2) is 66.7 Å². The molecule has 0 aliphatic heterocycles. The van der Waals surface area contributed by atoms with E-state index in [1.54, 1.807) is 0 Å². The molecule has 0 spiro atoms. The number of ether oxygens (including phenoxy) is 1. The summed E-state index contributed by atoms with van der Waals surface area (Å²) >= 11 is 0. The summed E-state index contributed by atoms with van der Waals surface area (Å²) in [4.78, 5) is 23.7. The zero-order valence-electron chi connectivity index (χ0n) is 15.3. The molecule has 4 rings (SSSR count). The fraction of sp³-hybridized carbons (Fsp3) is 0.0870. The fourth-order valence-corrected chi connectivity index (χ4v) is 3.65. The van der Waals surface area contributed by atoms with E-state index in [4.69, 9.17) is 10.00 Å². The van der Waals surface area contributed by atoms with E-state index in [-0.39, 0.29) is 29.3 Å². The molecule has 1 amide bonds. The van der Waals surface area contributed by atoms with Crippen molar-refractivity contribution in [2.45, 2.75) is 5.92 Å². The number of carbonyl (C=O) groups excluding carboxylic acids is 1. The first-order chi connectivity index (χ1) is 14.1. The average molecular weight is 384 g/mol. The standard InChI is InChI=1S/C23H16N2O4/c24-12-14-9-10-19(22(26)27)21(11-14)25-23(28)29-13-20-17-7-3-1-5-15(17)16-6-2-4-8-18(16)20/h1-11,20H,13H2,(H,25,28)(H,26,27). The van der Waals surface area contributed by atoms with Crippen molar-refractivity contribution in [3.05, 3.63) is 89.0 Å². The Kier molecular flexibility index (Phi) is 4.71. The minimum atomic E-state index is -1.21. The number of carbonyl (C=O) groups is 2. The van der Waals surface area contributed by atoms with Gasteiger partial charge < -0.3 is 9.84 Å². The molecule has 0 saturated carbocycles. The van der Waals surface area contributed by atoms with Crippen LogP contribution < -0.4 is 5.32 Å². The van der Waals surface area contributed by atoms with Gasteiger partial charge in [0, 0.05) is 5.92 Å². The summed E-state index contributed by atoms with van der Waals surface area (Å²) in [7, 11) is 0. The van der Waals surface area contributed by atoms with Gasteiger partial charge in [-0.1, -0.05) is 48.5 Å². The van der Waals surface area contributed by atoms with Crippen LogP contribution in [0.3, 0.4) is 0 Å². The van der Waals surface area contributed by atoms with Crippen LogP contribution in [0.25, 0.3) is 11.1 Å². The summed E-state index contributed by atoms with van der Waals surface area (Å²) in [6.45, 7) is 0.111. The molecule has 0 aromatic heterocycles. The second-order valence-electron chi connectivity index (χ2n) is 6.63. The number of aromatic carboxylic acids is 1. The minimum Gasteiger partial charge on any atom is -0.478 e. The van der Waals surface area contributed by atoms with Gasteiger partial charge in [-0.05, 0) is 40.5 Å². The van der Waals surface area contributed by atoms with Gasteiger partial charge in [0.05, 0.1) is 22.9 Å². The molecule has 0 unspecified atom stereocenters. The Morgan fingerprint density at radius 2 is 1.62 bits per heavy atom. The number of hydrogen-bond acceptors (Lipinski definition) is 4. The number of nitrogens with zero attached hydrogens (tertiary/aromatic N) is 1. The second kappa shape index (κ2) is 7.49. The third-order valence-corrected chi connectivity index (χ3v) is 4.96. The number of carboxylic acid groups (broad SMARTS) is 1. The molecular weight excluding hydrogens is 368 g/mol. The van der Waals surface area contributed by atoms with Crippen molar-refractivity contribution < 1.29 is 19.4 Å². The zero-order chi connectivity index (χ0) is 20.4. The van der Waals surface area contributed by atoms with E-state index in [2.05, 4.69) is 5.32 Å². The molecule has 1 aliphatic rings. The zero-order valence-corrected chi connectivity index (χ0v) is 15.3. The lowest BCUT2D eigenvalue weighted by Crippen LogP contribution is -2.19. The summed E-state index contributed by atoms with van der Waals surface area (Å²) in [5.41, 5.74) is 4.55. The Morgan fingerprint density at radius 1 is 1.00 bits per heavy atom. The number of benzene rings is 3. The molecule has 6 nitrogen and oxygen atoms in total. The largest absolute Gasteiger partial charge is 0.478 e. The van der Waals surface area contributed by atoms with Crippen molar-refractivity contribution in [3.63, 3.8) is 0 Å². The number of carboxylic acids is 1. The van der Waals surface area contributed by atoms with Crippen molar-refractivity contribution in [1.29, 1.82) is 5.26 Å². The van der Waals surface area contributed by atoms with Gasteiger partial charge in [-0.2, -0.15) is 5.26 Å². The van der Waals surface area contributed by atoms with Crippen LogP contribution in [0.1, 0.15) is 33.0 Å². The second-order valence-corrected chi connectivity index (χ2v) is 6.63. The smallest absolute Gasteiger partial charge is 0.411 e. The number of anilines is 1. The molecule has 0 saturated heterocycles. The monoisotopic (exact) mass is 384 g/mol. The molecule has 2 N–H and O–H groups in total. The summed E-state index contributed by atoms with van der Waals surface area (Å²) in [5, 5.41) is 20.8. The Bertz CT molecular complexity index is 1120. The molecule has 0 bridgehead atoms. The van der Waals surface area contributed by atoms with Crippen LogP contribution in [-0.2, 0) is 4.74 Å². The summed E-state index contributed by atoms with van der Waals surface area (Å²) < 4.78 is 5.43. The van der Waals surface area contributed by atoms with Gasteiger partial charge >= 0.3 is 12.1 Å². The molecule has 0 radical (unpaired) electrons. The van der Waals surface area contributed by atoms with Crippen LogP contribution in [0, 0.1) is 11.3 Å². The van der Waals surface area contributed by atoms with Crippen LogP contribution in [0.5, 0.6) is 0 Å². The van der Waals surface area contributed by atoms with Crippen molar-refractivity contribution in [2.75, 3.05) is 11.9 Å². The number of nitriles is 1. The van der Waals surface area contributed by atoms with E-state index in [1.165, 1.54) is 18.2 Å². The number of hydrogen-bond donors (Lipinski definition) is 2. The predicted molar refractivity (Wildman–Crippen MR) is 107 cm³/mol. The Hall–Kier alpha value is -4.11. The van der Waals surface area contributed by atoms with Crippen LogP contribution >= 0.6 is 0 Å². The van der Waals surface area contributed by atoms with Crippen LogP contribution in [-0.4, -0.2) is 23.8 Å². The molecule has 142 valence electrons. The maximum Gasteiger partial charge on any atom is 0.411 e. The molecular formula is C23H16N2O4. The summed E-state index contributed by atoms with van der Waals surface area (Å²) in [6.07, 6.45) is -0.774. The lowest BCUT2D eigenvalue weighted by molar-refractivity contribution is 0.0698. The van der Waals surface area contributed by atoms with Gasteiger partial charge in [0.2, 0.25) is 0 Å². The van der Waals surface area contributed by atoms with E-state index < -0.39 is 12.1 Å². The predicted octanol–water partition coefficient (Wildman–Crippen LogP) is 4.62. The highest BCUT2D eigenvalue weighted by molar-refractivity contribution is 5.99. The molecule has 3 aromatic rings. The van der Waals surface area contributed by atoms with Gasteiger partial charge in [-0.15, -0.1) is 0 Å². The number of rotatable bonds is 4. The first-order valence-corrected chi connectivity index (χ1v) is 8.98. The highest BCUT2D eigenvalue weighted by Crippen LogP contribution is 2.44. The third kappa shape index (κ3) is 3.42. The van der Waals surface area contributed by atoms with Gasteiger partial charge in [0.25, 0.3) is 0 Å². The topological polar surface area (TPSA) is 99.4 Å². The van der Waals surface area contributed by atoms with Crippen LogP contribution in [0.4, 0.5) is 10.5 Å². The maximum atomic E-state index is 12.4. The summed E-state index contributed by atoms with van der Waals surface area (Å²) in [5.74, 6) is -1.30. The highest BCUT2D eigenvalue weighted by Gasteiger charge is 2.29. The van der Waals surface area contributed by atoms with Crippen molar-refractivity contribution in [3.8, 4) is 17.2 Å². The summed E-state index contributed by atoms with van der Waals surface area (Å²) in [6, 6.07) is 21.8. The van der Waals surface area contributed by atoms with E-state index in [0.29, 0.717) is 0 Å². The van der Waals surface area contributed by atoms with Crippen molar-refractivity contribution in [1.82, 2.24) is 0 Å². The Labute approximate surface area is 167 Å². The lowest BCUT2D eigenvalue weighted by atomic mass is 9.98. The molecule has 29 heavy (non-hydrogen) atoms. The van der Waals surface area contributed by atoms with Gasteiger partial charge in [-0.25, -0.2) is 9.59 Å². The lowest BCUT2D eigenvalue weighted by Gasteiger charge is -2.15. The molecule has 0 fully saturated rings. The van der Waals surface area contributed by atoms with Crippen molar-refractivity contribution in [2.24, 2.45) is 0 Å². The van der Waals surface area contributed by atoms with E-state index >= 15 is 0 Å².